The number of benzene rings is 1. The van der Waals surface area contributed by atoms with Crippen molar-refractivity contribution in [3.05, 3.63) is 47.5 Å². The Labute approximate surface area is 93.7 Å². The van der Waals surface area contributed by atoms with E-state index in [-0.39, 0.29) is 11.4 Å². The normalized spacial score (nSPS) is 17.9. The lowest BCUT2D eigenvalue weighted by Crippen LogP contribution is -2.18. The molecule has 3 heteroatoms. The summed E-state index contributed by atoms with van der Waals surface area (Å²) in [4.78, 5) is 23.5. The molecular weight excluding hydrogens is 204 g/mol. The number of ketones is 1. The lowest BCUT2D eigenvalue weighted by molar-refractivity contribution is -0.143. The summed E-state index contributed by atoms with van der Waals surface area (Å²) in [5, 5.41) is 0. The fourth-order valence-electron chi connectivity index (χ4n) is 1.63. The van der Waals surface area contributed by atoms with E-state index in [4.69, 9.17) is 4.74 Å². The SMILES string of the molecule is CC1(C)C=C(C(=O)c2ccccc2)C(=O)O1. The Morgan fingerprint density at radius 3 is 2.31 bits per heavy atom. The maximum absolute atomic E-state index is 12.0. The Bertz CT molecular complexity index is 469. The number of cyclic esters (lactones) is 1. The van der Waals surface area contributed by atoms with Crippen molar-refractivity contribution in [1.82, 2.24) is 0 Å². The van der Waals surface area contributed by atoms with E-state index in [9.17, 15) is 9.59 Å². The van der Waals surface area contributed by atoms with E-state index in [2.05, 4.69) is 0 Å². The van der Waals surface area contributed by atoms with Crippen molar-refractivity contribution in [2.75, 3.05) is 0 Å². The molecule has 0 radical (unpaired) electrons. The molecule has 2 rings (SSSR count). The van der Waals surface area contributed by atoms with Gasteiger partial charge in [-0.05, 0) is 19.9 Å². The fraction of sp³-hybridized carbons (Fsp3) is 0.231. The number of rotatable bonds is 2. The van der Waals surface area contributed by atoms with Crippen molar-refractivity contribution in [2.24, 2.45) is 0 Å². The summed E-state index contributed by atoms with van der Waals surface area (Å²) in [5.74, 6) is -0.824. The Morgan fingerprint density at radius 2 is 1.81 bits per heavy atom. The van der Waals surface area contributed by atoms with Crippen molar-refractivity contribution >= 4 is 11.8 Å². The number of esters is 1. The second-order valence-corrected chi connectivity index (χ2v) is 4.25. The van der Waals surface area contributed by atoms with Gasteiger partial charge >= 0.3 is 5.97 Å². The number of hydrogen-bond acceptors (Lipinski definition) is 3. The summed E-state index contributed by atoms with van der Waals surface area (Å²) in [7, 11) is 0. The highest BCUT2D eigenvalue weighted by atomic mass is 16.6. The molecule has 0 unspecified atom stereocenters. The summed E-state index contributed by atoms with van der Waals surface area (Å²) in [6.45, 7) is 3.49. The molecule has 0 atom stereocenters. The Hall–Kier alpha value is -1.90. The third-order valence-corrected chi connectivity index (χ3v) is 2.35. The summed E-state index contributed by atoms with van der Waals surface area (Å²) in [6.07, 6.45) is 1.57. The highest BCUT2D eigenvalue weighted by molar-refractivity contribution is 6.25. The molecule has 0 saturated heterocycles. The molecule has 0 N–H and O–H groups in total. The molecule has 82 valence electrons. The molecule has 0 aromatic heterocycles. The molecule has 0 bridgehead atoms. The quantitative estimate of drug-likeness (QED) is 0.432. The van der Waals surface area contributed by atoms with Crippen molar-refractivity contribution in [3.63, 3.8) is 0 Å². The standard InChI is InChI=1S/C13H12O3/c1-13(2)8-10(12(15)16-13)11(14)9-6-4-3-5-7-9/h3-8H,1-2H3. The largest absolute Gasteiger partial charge is 0.452 e. The van der Waals surface area contributed by atoms with Gasteiger partial charge in [-0.3, -0.25) is 4.79 Å². The van der Waals surface area contributed by atoms with Crippen LogP contribution in [0.4, 0.5) is 0 Å². The molecule has 0 fully saturated rings. The number of Topliss-reactive ketones (excluding diaryl/α,β-unsaturated/α-hetero) is 1. The number of carbonyl (C=O) groups is 2. The molecular formula is C13H12O3. The van der Waals surface area contributed by atoms with Gasteiger partial charge in [0.15, 0.2) is 5.78 Å². The predicted molar refractivity (Wildman–Crippen MR) is 59.0 cm³/mol. The Kier molecular flexibility index (Phi) is 2.38. The van der Waals surface area contributed by atoms with E-state index in [1.165, 1.54) is 0 Å². The minimum absolute atomic E-state index is 0.121. The average Bonchev–Trinajstić information content (AvgIpc) is 2.52. The van der Waals surface area contributed by atoms with Crippen LogP contribution < -0.4 is 0 Å². The van der Waals surface area contributed by atoms with Crippen LogP contribution in [0.5, 0.6) is 0 Å². The zero-order chi connectivity index (χ0) is 11.8. The third-order valence-electron chi connectivity index (χ3n) is 2.35. The lowest BCUT2D eigenvalue weighted by atomic mass is 10.0. The van der Waals surface area contributed by atoms with Crippen molar-refractivity contribution < 1.29 is 14.3 Å². The molecule has 0 aliphatic carbocycles. The van der Waals surface area contributed by atoms with Gasteiger partial charge in [-0.2, -0.15) is 0 Å². The van der Waals surface area contributed by atoms with Gasteiger partial charge in [-0.1, -0.05) is 30.3 Å². The van der Waals surface area contributed by atoms with E-state index < -0.39 is 11.6 Å². The van der Waals surface area contributed by atoms with Gasteiger partial charge in [0.25, 0.3) is 0 Å². The first kappa shape index (κ1) is 10.6. The van der Waals surface area contributed by atoms with Crippen LogP contribution in [0.1, 0.15) is 24.2 Å². The van der Waals surface area contributed by atoms with Gasteiger partial charge in [0.2, 0.25) is 0 Å². The van der Waals surface area contributed by atoms with Crippen LogP contribution in [0.3, 0.4) is 0 Å². The van der Waals surface area contributed by atoms with Crippen molar-refractivity contribution in [1.29, 1.82) is 0 Å². The molecule has 0 amide bonds. The maximum atomic E-state index is 12.0. The minimum Gasteiger partial charge on any atom is -0.452 e. The lowest BCUT2D eigenvalue weighted by Gasteiger charge is -2.12. The Balaban J connectivity index is 2.34. The summed E-state index contributed by atoms with van der Waals surface area (Å²) in [5.41, 5.74) is -0.0590. The van der Waals surface area contributed by atoms with Crippen LogP contribution in [0.25, 0.3) is 0 Å². The number of carbonyl (C=O) groups excluding carboxylic acids is 2. The summed E-state index contributed by atoms with van der Waals surface area (Å²) >= 11 is 0. The first-order chi connectivity index (χ1) is 7.49. The molecule has 0 saturated carbocycles. The van der Waals surface area contributed by atoms with Crippen LogP contribution in [0.15, 0.2) is 42.0 Å². The molecule has 1 aromatic carbocycles. The average molecular weight is 216 g/mol. The molecule has 0 spiro atoms. The topological polar surface area (TPSA) is 43.4 Å². The van der Waals surface area contributed by atoms with Gasteiger partial charge in [-0.25, -0.2) is 4.79 Å². The van der Waals surface area contributed by atoms with E-state index in [0.717, 1.165) is 0 Å². The highest BCUT2D eigenvalue weighted by Gasteiger charge is 2.35. The fourth-order valence-corrected chi connectivity index (χ4v) is 1.63. The monoisotopic (exact) mass is 216 g/mol. The van der Waals surface area contributed by atoms with E-state index in [0.29, 0.717) is 5.56 Å². The van der Waals surface area contributed by atoms with Gasteiger partial charge in [0.05, 0.1) is 0 Å². The zero-order valence-electron chi connectivity index (χ0n) is 9.19. The molecule has 1 aliphatic rings. The molecule has 1 aromatic rings. The van der Waals surface area contributed by atoms with Gasteiger partial charge < -0.3 is 4.74 Å². The molecule has 1 aliphatic heterocycles. The van der Waals surface area contributed by atoms with Crippen molar-refractivity contribution in [3.8, 4) is 0 Å². The minimum atomic E-state index is -0.684. The second kappa shape index (κ2) is 3.59. The van der Waals surface area contributed by atoms with E-state index in [1.54, 1.807) is 44.2 Å². The van der Waals surface area contributed by atoms with Gasteiger partial charge in [0.1, 0.15) is 11.2 Å². The summed E-state index contributed by atoms with van der Waals surface area (Å²) < 4.78 is 5.05. The zero-order valence-corrected chi connectivity index (χ0v) is 9.19. The smallest absolute Gasteiger partial charge is 0.342 e. The molecule has 3 nitrogen and oxygen atoms in total. The first-order valence-electron chi connectivity index (χ1n) is 5.05. The van der Waals surface area contributed by atoms with Crippen LogP contribution >= 0.6 is 0 Å². The van der Waals surface area contributed by atoms with Gasteiger partial charge in [-0.15, -0.1) is 0 Å². The van der Waals surface area contributed by atoms with Gasteiger partial charge in [0, 0.05) is 5.56 Å². The van der Waals surface area contributed by atoms with E-state index in [1.807, 2.05) is 6.07 Å². The van der Waals surface area contributed by atoms with Crippen LogP contribution in [-0.4, -0.2) is 17.4 Å². The maximum Gasteiger partial charge on any atom is 0.342 e. The third kappa shape index (κ3) is 1.89. The second-order valence-electron chi connectivity index (χ2n) is 4.25. The number of ether oxygens (including phenoxy) is 1. The highest BCUT2D eigenvalue weighted by Crippen LogP contribution is 2.25. The molecule has 16 heavy (non-hydrogen) atoms. The first-order valence-corrected chi connectivity index (χ1v) is 5.05. The summed E-state index contributed by atoms with van der Waals surface area (Å²) in [6, 6.07) is 8.71. The number of hydrogen-bond donors (Lipinski definition) is 0. The van der Waals surface area contributed by atoms with Crippen LogP contribution in [-0.2, 0) is 9.53 Å². The van der Waals surface area contributed by atoms with Crippen LogP contribution in [0, 0.1) is 0 Å². The molecule has 1 heterocycles. The Morgan fingerprint density at radius 1 is 1.19 bits per heavy atom. The van der Waals surface area contributed by atoms with Crippen LogP contribution in [0.2, 0.25) is 0 Å². The van der Waals surface area contributed by atoms with E-state index >= 15 is 0 Å². The van der Waals surface area contributed by atoms with Crippen molar-refractivity contribution in [2.45, 2.75) is 19.4 Å². The predicted octanol–water partition coefficient (Wildman–Crippen LogP) is 2.13.